The zero-order valence-electron chi connectivity index (χ0n) is 14.1. The van der Waals surface area contributed by atoms with E-state index >= 15 is 0 Å². The fourth-order valence-electron chi connectivity index (χ4n) is 3.11. The molecule has 0 bridgehead atoms. The van der Waals surface area contributed by atoms with Gasteiger partial charge in [0.15, 0.2) is 0 Å². The number of nitrogens with zero attached hydrogens (tertiary/aromatic N) is 4. The van der Waals surface area contributed by atoms with Gasteiger partial charge in [0.25, 0.3) is 0 Å². The van der Waals surface area contributed by atoms with Crippen LogP contribution in [0, 0.1) is 20.8 Å². The Balaban J connectivity index is 2.55. The van der Waals surface area contributed by atoms with Crippen molar-refractivity contribution >= 4 is 16.9 Å². The normalized spacial score (nSPS) is 13.3. The predicted molar refractivity (Wildman–Crippen MR) is 88.7 cm³/mol. The zero-order valence-corrected chi connectivity index (χ0v) is 14.1. The van der Waals surface area contributed by atoms with Crippen molar-refractivity contribution in [2.45, 2.75) is 47.6 Å². The molecule has 0 aliphatic heterocycles. The second kappa shape index (κ2) is 6.02. The molecule has 0 aliphatic carbocycles. The van der Waals surface area contributed by atoms with Crippen LogP contribution in [-0.2, 0) is 0 Å². The molecule has 0 saturated carbocycles. The first-order valence-electron chi connectivity index (χ1n) is 7.74. The van der Waals surface area contributed by atoms with Crippen molar-refractivity contribution in [3.05, 3.63) is 17.1 Å². The Morgan fingerprint density at radius 2 is 1.76 bits per heavy atom. The summed E-state index contributed by atoms with van der Waals surface area (Å²) in [6.45, 7) is 15.9. The molecule has 1 unspecified atom stereocenters. The highest BCUT2D eigenvalue weighted by atomic mass is 15.2. The van der Waals surface area contributed by atoms with E-state index in [1.807, 2.05) is 6.92 Å². The van der Waals surface area contributed by atoms with Gasteiger partial charge in [-0.15, -0.1) is 0 Å². The van der Waals surface area contributed by atoms with E-state index in [1.54, 1.807) is 0 Å². The fourth-order valence-corrected chi connectivity index (χ4v) is 3.11. The average Bonchev–Trinajstić information content (AvgIpc) is 2.67. The van der Waals surface area contributed by atoms with Gasteiger partial charge in [0.05, 0.1) is 5.39 Å². The van der Waals surface area contributed by atoms with Crippen LogP contribution in [0.1, 0.15) is 43.9 Å². The highest BCUT2D eigenvalue weighted by molar-refractivity contribution is 5.91. The van der Waals surface area contributed by atoms with Gasteiger partial charge in [-0.05, 0) is 46.3 Å². The summed E-state index contributed by atoms with van der Waals surface area (Å²) in [5.74, 6) is 1.32. The van der Waals surface area contributed by atoms with Gasteiger partial charge >= 0.3 is 0 Å². The van der Waals surface area contributed by atoms with Crippen LogP contribution < -0.4 is 5.73 Å². The Morgan fingerprint density at radius 1 is 1.14 bits per heavy atom. The summed E-state index contributed by atoms with van der Waals surface area (Å²) in [6, 6.07) is 0.356. The Labute approximate surface area is 127 Å². The van der Waals surface area contributed by atoms with E-state index < -0.39 is 0 Å². The minimum absolute atomic E-state index is 0.356. The molecule has 2 aromatic rings. The van der Waals surface area contributed by atoms with Crippen molar-refractivity contribution in [1.82, 2.24) is 19.4 Å². The molecule has 1 atom stereocenters. The molecule has 5 nitrogen and oxygen atoms in total. The fraction of sp³-hybridized carbons (Fsp3) is 0.625. The summed E-state index contributed by atoms with van der Waals surface area (Å²) in [5.41, 5.74) is 9.51. The molecule has 2 N–H and O–H groups in total. The lowest BCUT2D eigenvalue weighted by Crippen LogP contribution is -2.30. The lowest BCUT2D eigenvalue weighted by atomic mass is 10.2. The quantitative estimate of drug-likeness (QED) is 0.919. The smallest absolute Gasteiger partial charge is 0.146 e. The van der Waals surface area contributed by atoms with Crippen LogP contribution in [0.2, 0.25) is 0 Å². The molecule has 0 aliphatic rings. The van der Waals surface area contributed by atoms with E-state index in [0.717, 1.165) is 36.5 Å². The van der Waals surface area contributed by atoms with Gasteiger partial charge in [-0.2, -0.15) is 0 Å². The third kappa shape index (κ3) is 2.75. The molecular weight excluding hydrogens is 262 g/mol. The van der Waals surface area contributed by atoms with Crippen LogP contribution >= 0.6 is 0 Å². The Morgan fingerprint density at radius 3 is 2.33 bits per heavy atom. The summed E-state index contributed by atoms with van der Waals surface area (Å²) in [6.07, 6.45) is 0. The molecule has 2 heterocycles. The number of likely N-dealkylation sites (N-methyl/N-ethyl adjacent to an activating group) is 1. The van der Waals surface area contributed by atoms with Crippen molar-refractivity contribution in [3.63, 3.8) is 0 Å². The summed E-state index contributed by atoms with van der Waals surface area (Å²) in [7, 11) is 0. The molecule has 0 aromatic carbocycles. The Bertz CT molecular complexity index is 640. The van der Waals surface area contributed by atoms with Crippen LogP contribution in [0.15, 0.2) is 0 Å². The molecular formula is C16H27N5. The number of aromatic nitrogens is 3. The van der Waals surface area contributed by atoms with Crippen LogP contribution in [0.5, 0.6) is 0 Å². The number of rotatable bonds is 5. The molecule has 0 spiro atoms. The van der Waals surface area contributed by atoms with E-state index in [-0.39, 0.29) is 0 Å². The Kier molecular flexibility index (Phi) is 4.52. The van der Waals surface area contributed by atoms with Crippen LogP contribution in [-0.4, -0.2) is 39.1 Å². The van der Waals surface area contributed by atoms with E-state index in [0.29, 0.717) is 11.9 Å². The van der Waals surface area contributed by atoms with E-state index in [4.69, 9.17) is 5.73 Å². The Hall–Kier alpha value is -1.62. The largest absolute Gasteiger partial charge is 0.383 e. The monoisotopic (exact) mass is 289 g/mol. The van der Waals surface area contributed by atoms with Gasteiger partial charge in [0.1, 0.15) is 17.3 Å². The van der Waals surface area contributed by atoms with Crippen molar-refractivity contribution in [2.75, 3.05) is 25.4 Å². The SMILES string of the molecule is CCN(CC)CC(C)n1c(C)c(C)c2c(N)nc(C)nc21. The summed E-state index contributed by atoms with van der Waals surface area (Å²) < 4.78 is 2.31. The molecule has 116 valence electrons. The van der Waals surface area contributed by atoms with Gasteiger partial charge in [-0.1, -0.05) is 13.8 Å². The molecule has 21 heavy (non-hydrogen) atoms. The molecule has 2 rings (SSSR count). The average molecular weight is 289 g/mol. The van der Waals surface area contributed by atoms with E-state index in [2.05, 4.69) is 54.1 Å². The molecule has 2 aromatic heterocycles. The lowest BCUT2D eigenvalue weighted by Gasteiger charge is -2.25. The number of nitrogen functional groups attached to an aromatic ring is 1. The zero-order chi connectivity index (χ0) is 15.7. The second-order valence-corrected chi connectivity index (χ2v) is 5.77. The molecule has 0 radical (unpaired) electrons. The molecule has 0 saturated heterocycles. The summed E-state index contributed by atoms with van der Waals surface area (Å²) in [4.78, 5) is 11.4. The lowest BCUT2D eigenvalue weighted by molar-refractivity contribution is 0.262. The van der Waals surface area contributed by atoms with Gasteiger partial charge in [0.2, 0.25) is 0 Å². The minimum atomic E-state index is 0.356. The number of aryl methyl sites for hydroxylation is 2. The van der Waals surface area contributed by atoms with Crippen LogP contribution in [0.3, 0.4) is 0 Å². The van der Waals surface area contributed by atoms with Crippen molar-refractivity contribution in [3.8, 4) is 0 Å². The maximum atomic E-state index is 6.12. The number of anilines is 1. The topological polar surface area (TPSA) is 60.0 Å². The highest BCUT2D eigenvalue weighted by Gasteiger charge is 2.20. The third-order valence-corrected chi connectivity index (χ3v) is 4.39. The minimum Gasteiger partial charge on any atom is -0.383 e. The van der Waals surface area contributed by atoms with Gasteiger partial charge < -0.3 is 15.2 Å². The first-order valence-corrected chi connectivity index (χ1v) is 7.74. The highest BCUT2D eigenvalue weighted by Crippen LogP contribution is 2.30. The molecule has 0 amide bonds. The predicted octanol–water partition coefficient (Wildman–Crippen LogP) is 2.84. The number of fused-ring (bicyclic) bond motifs is 1. The van der Waals surface area contributed by atoms with Crippen LogP contribution in [0.25, 0.3) is 11.0 Å². The number of hydrogen-bond donors (Lipinski definition) is 1. The first kappa shape index (κ1) is 15.8. The summed E-state index contributed by atoms with van der Waals surface area (Å²) in [5, 5.41) is 1.00. The van der Waals surface area contributed by atoms with Gasteiger partial charge in [-0.3, -0.25) is 0 Å². The van der Waals surface area contributed by atoms with Gasteiger partial charge in [-0.25, -0.2) is 9.97 Å². The summed E-state index contributed by atoms with van der Waals surface area (Å²) >= 11 is 0. The second-order valence-electron chi connectivity index (χ2n) is 5.77. The number of nitrogens with two attached hydrogens (primary N) is 1. The van der Waals surface area contributed by atoms with E-state index in [9.17, 15) is 0 Å². The number of hydrogen-bond acceptors (Lipinski definition) is 4. The first-order chi connectivity index (χ1) is 9.90. The molecule has 5 heteroatoms. The van der Waals surface area contributed by atoms with E-state index in [1.165, 1.54) is 11.3 Å². The van der Waals surface area contributed by atoms with Gasteiger partial charge in [0, 0.05) is 18.3 Å². The maximum absolute atomic E-state index is 6.12. The maximum Gasteiger partial charge on any atom is 0.146 e. The molecule has 0 fully saturated rings. The van der Waals surface area contributed by atoms with Crippen molar-refractivity contribution in [2.24, 2.45) is 0 Å². The third-order valence-electron chi connectivity index (χ3n) is 4.39. The van der Waals surface area contributed by atoms with Crippen LogP contribution in [0.4, 0.5) is 5.82 Å². The van der Waals surface area contributed by atoms with Crippen molar-refractivity contribution < 1.29 is 0 Å². The standard InChI is InChI=1S/C16H27N5/c1-7-20(8-2)9-10(3)21-12(5)11(4)14-15(17)18-13(6)19-16(14)21/h10H,7-9H2,1-6H3,(H2,17,18,19). The van der Waals surface area contributed by atoms with Crippen molar-refractivity contribution in [1.29, 1.82) is 0 Å².